The third-order valence-corrected chi connectivity index (χ3v) is 3.29. The first kappa shape index (κ1) is 15.4. The van der Waals surface area contributed by atoms with Crippen molar-refractivity contribution in [1.82, 2.24) is 10.2 Å². The van der Waals surface area contributed by atoms with Crippen LogP contribution in [0.25, 0.3) is 0 Å². The second kappa shape index (κ2) is 4.77. The summed E-state index contributed by atoms with van der Waals surface area (Å²) in [5, 5.41) is 12.1. The number of hydrogen-bond donors (Lipinski definition) is 2. The first-order valence-corrected chi connectivity index (χ1v) is 6.36. The number of urea groups is 1. The van der Waals surface area contributed by atoms with Gasteiger partial charge in [-0.05, 0) is 39.0 Å². The molecule has 7 heteroatoms. The Hall–Kier alpha value is -2.02. The zero-order valence-electron chi connectivity index (χ0n) is 11.9. The number of nitrogens with zero attached hydrogens (tertiary/aromatic N) is 1. The Morgan fingerprint density at radius 3 is 2.52 bits per heavy atom. The van der Waals surface area contributed by atoms with E-state index in [1.807, 2.05) is 0 Å². The van der Waals surface area contributed by atoms with Gasteiger partial charge in [0.2, 0.25) is 0 Å². The van der Waals surface area contributed by atoms with Gasteiger partial charge in [-0.3, -0.25) is 9.69 Å². The molecule has 0 aliphatic carbocycles. The van der Waals surface area contributed by atoms with Gasteiger partial charge in [-0.25, -0.2) is 13.6 Å². The number of amides is 3. The van der Waals surface area contributed by atoms with E-state index >= 15 is 0 Å². The molecular weight excluding hydrogens is 282 g/mol. The Kier molecular flexibility index (Phi) is 3.49. The summed E-state index contributed by atoms with van der Waals surface area (Å²) >= 11 is 0. The molecule has 1 atom stereocenters. The molecule has 3 amide bonds. The molecule has 0 spiro atoms. The maximum atomic E-state index is 13.9. The first-order valence-electron chi connectivity index (χ1n) is 6.36. The largest absolute Gasteiger partial charge is 0.389 e. The van der Waals surface area contributed by atoms with Gasteiger partial charge in [0.1, 0.15) is 17.2 Å². The van der Waals surface area contributed by atoms with Crippen molar-refractivity contribution in [3.8, 4) is 0 Å². The molecular formula is C14H16F2N2O3. The fourth-order valence-corrected chi connectivity index (χ4v) is 2.29. The Balaban J connectivity index is 2.43. The average Bonchev–Trinajstić information content (AvgIpc) is 2.55. The number of carbonyl (C=O) groups is 2. The summed E-state index contributed by atoms with van der Waals surface area (Å²) in [6.07, 6.45) is 0. The van der Waals surface area contributed by atoms with Crippen molar-refractivity contribution in [1.29, 1.82) is 0 Å². The van der Waals surface area contributed by atoms with E-state index in [2.05, 4.69) is 5.32 Å². The first-order chi connectivity index (χ1) is 9.54. The molecule has 2 rings (SSSR count). The lowest BCUT2D eigenvalue weighted by Gasteiger charge is -2.25. The summed E-state index contributed by atoms with van der Waals surface area (Å²) in [4.78, 5) is 25.1. The van der Waals surface area contributed by atoms with E-state index in [0.29, 0.717) is 0 Å². The number of rotatable bonds is 3. The minimum absolute atomic E-state index is 0.246. The van der Waals surface area contributed by atoms with Crippen LogP contribution in [-0.4, -0.2) is 34.1 Å². The number of aliphatic hydroxyl groups is 1. The van der Waals surface area contributed by atoms with Gasteiger partial charge in [-0.1, -0.05) is 0 Å². The molecule has 1 aromatic rings. The highest BCUT2D eigenvalue weighted by Gasteiger charge is 2.51. The van der Waals surface area contributed by atoms with Crippen molar-refractivity contribution >= 4 is 11.9 Å². The van der Waals surface area contributed by atoms with E-state index in [-0.39, 0.29) is 12.1 Å². The maximum Gasteiger partial charge on any atom is 0.325 e. The molecule has 21 heavy (non-hydrogen) atoms. The van der Waals surface area contributed by atoms with Crippen molar-refractivity contribution < 1.29 is 23.5 Å². The highest BCUT2D eigenvalue weighted by molar-refractivity contribution is 6.07. The van der Waals surface area contributed by atoms with Gasteiger partial charge in [0.05, 0.1) is 12.1 Å². The zero-order chi connectivity index (χ0) is 16.0. The molecule has 0 radical (unpaired) electrons. The van der Waals surface area contributed by atoms with Gasteiger partial charge in [0.25, 0.3) is 5.91 Å². The Bertz CT molecular complexity index is 613. The lowest BCUT2D eigenvalue weighted by atomic mass is 9.91. The molecule has 1 aromatic carbocycles. The predicted molar refractivity (Wildman–Crippen MR) is 70.3 cm³/mol. The lowest BCUT2D eigenvalue weighted by Crippen LogP contribution is -2.44. The number of carbonyl (C=O) groups excluding carboxylic acids is 2. The molecule has 1 aliphatic heterocycles. The Morgan fingerprint density at radius 1 is 1.33 bits per heavy atom. The maximum absolute atomic E-state index is 13.9. The van der Waals surface area contributed by atoms with Crippen LogP contribution in [-0.2, 0) is 10.3 Å². The van der Waals surface area contributed by atoms with Crippen LogP contribution in [0.15, 0.2) is 18.2 Å². The Morgan fingerprint density at radius 2 is 1.95 bits per heavy atom. The van der Waals surface area contributed by atoms with E-state index in [0.717, 1.165) is 23.1 Å². The standard InChI is InChI=1S/C14H16F2N2O3/c1-13(2,21)7-18-11(19)14(3,17-12(18)20)9-6-8(15)4-5-10(9)16/h4-6,21H,7H2,1-3H3,(H,17,20). The summed E-state index contributed by atoms with van der Waals surface area (Å²) in [6, 6.07) is 1.95. The second-order valence-corrected chi connectivity index (χ2v) is 5.88. The molecule has 5 nitrogen and oxygen atoms in total. The van der Waals surface area contributed by atoms with Crippen molar-refractivity contribution in [2.45, 2.75) is 31.9 Å². The van der Waals surface area contributed by atoms with Crippen molar-refractivity contribution in [2.24, 2.45) is 0 Å². The third kappa shape index (κ3) is 2.73. The quantitative estimate of drug-likeness (QED) is 0.831. The van der Waals surface area contributed by atoms with Gasteiger partial charge in [-0.15, -0.1) is 0 Å². The molecule has 1 aliphatic rings. The number of hydrogen-bond acceptors (Lipinski definition) is 3. The molecule has 1 heterocycles. The number of β-amino-alcohol motifs (C(OH)–C–C–N with tert-alkyl or cyclic N) is 1. The van der Waals surface area contributed by atoms with E-state index < -0.39 is 34.7 Å². The zero-order valence-corrected chi connectivity index (χ0v) is 11.9. The van der Waals surface area contributed by atoms with Crippen molar-refractivity contribution in [2.75, 3.05) is 6.54 Å². The van der Waals surface area contributed by atoms with Crippen molar-refractivity contribution in [3.05, 3.63) is 35.4 Å². The van der Waals surface area contributed by atoms with Crippen LogP contribution in [0.3, 0.4) is 0 Å². The highest BCUT2D eigenvalue weighted by atomic mass is 19.1. The molecule has 1 fully saturated rings. The predicted octanol–water partition coefficient (Wildman–Crippen LogP) is 1.50. The fourth-order valence-electron chi connectivity index (χ4n) is 2.29. The van der Waals surface area contributed by atoms with E-state index in [9.17, 15) is 23.5 Å². The van der Waals surface area contributed by atoms with Gasteiger partial charge < -0.3 is 10.4 Å². The van der Waals surface area contributed by atoms with Crippen LogP contribution in [0.1, 0.15) is 26.3 Å². The molecule has 0 bridgehead atoms. The molecule has 114 valence electrons. The van der Waals surface area contributed by atoms with Gasteiger partial charge >= 0.3 is 6.03 Å². The van der Waals surface area contributed by atoms with Crippen LogP contribution in [0.2, 0.25) is 0 Å². The van der Waals surface area contributed by atoms with Gasteiger partial charge in [0.15, 0.2) is 0 Å². The lowest BCUT2D eigenvalue weighted by molar-refractivity contribution is -0.133. The van der Waals surface area contributed by atoms with Gasteiger partial charge in [0, 0.05) is 5.56 Å². The minimum Gasteiger partial charge on any atom is -0.389 e. The average molecular weight is 298 g/mol. The third-order valence-electron chi connectivity index (χ3n) is 3.29. The van der Waals surface area contributed by atoms with Crippen LogP contribution in [0.4, 0.5) is 13.6 Å². The van der Waals surface area contributed by atoms with Crippen LogP contribution < -0.4 is 5.32 Å². The molecule has 0 saturated carbocycles. The van der Waals surface area contributed by atoms with E-state index in [1.54, 1.807) is 0 Å². The monoisotopic (exact) mass is 298 g/mol. The van der Waals surface area contributed by atoms with Crippen LogP contribution in [0.5, 0.6) is 0 Å². The fraction of sp³-hybridized carbons (Fsp3) is 0.429. The summed E-state index contributed by atoms with van der Waals surface area (Å²) in [6.45, 7) is 3.93. The molecule has 2 N–H and O–H groups in total. The van der Waals surface area contributed by atoms with Crippen molar-refractivity contribution in [3.63, 3.8) is 0 Å². The SMILES string of the molecule is CC(C)(O)CN1C(=O)NC(C)(c2cc(F)ccc2F)C1=O. The summed E-state index contributed by atoms with van der Waals surface area (Å²) in [5.74, 6) is -2.24. The normalized spacial score (nSPS) is 22.7. The second-order valence-electron chi connectivity index (χ2n) is 5.88. The van der Waals surface area contributed by atoms with Gasteiger partial charge in [-0.2, -0.15) is 0 Å². The number of imide groups is 1. The van der Waals surface area contributed by atoms with E-state index in [1.165, 1.54) is 20.8 Å². The number of halogens is 2. The molecule has 1 saturated heterocycles. The summed E-state index contributed by atoms with van der Waals surface area (Å²) in [5.41, 5.74) is -3.24. The van der Waals surface area contributed by atoms with E-state index in [4.69, 9.17) is 0 Å². The Labute approximate surface area is 120 Å². The minimum atomic E-state index is -1.70. The highest BCUT2D eigenvalue weighted by Crippen LogP contribution is 2.31. The van der Waals surface area contributed by atoms with Crippen LogP contribution >= 0.6 is 0 Å². The van der Waals surface area contributed by atoms with Crippen LogP contribution in [0, 0.1) is 11.6 Å². The summed E-state index contributed by atoms with van der Waals surface area (Å²) in [7, 11) is 0. The summed E-state index contributed by atoms with van der Waals surface area (Å²) < 4.78 is 27.2. The molecule has 0 aromatic heterocycles. The number of benzene rings is 1. The number of nitrogens with one attached hydrogen (secondary N) is 1. The molecule has 1 unspecified atom stereocenters. The smallest absolute Gasteiger partial charge is 0.325 e. The topological polar surface area (TPSA) is 69.6 Å².